The normalized spacial score (nSPS) is 21.9. The molecular formula is C14H24N4OS. The van der Waals surface area contributed by atoms with Gasteiger partial charge in [0.25, 0.3) is 0 Å². The van der Waals surface area contributed by atoms with Gasteiger partial charge >= 0.3 is 0 Å². The lowest BCUT2D eigenvalue weighted by molar-refractivity contribution is 0.279. The van der Waals surface area contributed by atoms with Crippen molar-refractivity contribution in [1.29, 1.82) is 0 Å². The van der Waals surface area contributed by atoms with E-state index in [1.54, 1.807) is 11.8 Å². The summed E-state index contributed by atoms with van der Waals surface area (Å²) < 4.78 is 2.32. The van der Waals surface area contributed by atoms with Crippen molar-refractivity contribution >= 4 is 11.8 Å². The maximum absolute atomic E-state index is 9.60. The molecule has 1 heterocycles. The van der Waals surface area contributed by atoms with E-state index in [0.29, 0.717) is 12.0 Å². The molecule has 3 N–H and O–H groups in total. The third-order valence-corrected chi connectivity index (χ3v) is 5.37. The van der Waals surface area contributed by atoms with E-state index in [-0.39, 0.29) is 17.9 Å². The van der Waals surface area contributed by atoms with Crippen molar-refractivity contribution in [1.82, 2.24) is 14.8 Å². The van der Waals surface area contributed by atoms with Gasteiger partial charge in [-0.1, -0.05) is 25.1 Å². The highest BCUT2D eigenvalue weighted by Gasteiger charge is 2.37. The highest BCUT2D eigenvalue weighted by molar-refractivity contribution is 7.99. The molecule has 0 saturated heterocycles. The van der Waals surface area contributed by atoms with E-state index in [2.05, 4.69) is 21.7 Å². The van der Waals surface area contributed by atoms with Gasteiger partial charge in [-0.15, -0.1) is 10.2 Å². The lowest BCUT2D eigenvalue weighted by Gasteiger charge is -2.20. The number of thioether (sulfide) groups is 1. The summed E-state index contributed by atoms with van der Waals surface area (Å²) in [5.41, 5.74) is 6.17. The molecule has 2 saturated carbocycles. The molecule has 0 spiro atoms. The van der Waals surface area contributed by atoms with Gasteiger partial charge < -0.3 is 15.4 Å². The van der Waals surface area contributed by atoms with Crippen molar-refractivity contribution in [2.75, 3.05) is 6.61 Å². The Morgan fingerprint density at radius 1 is 1.35 bits per heavy atom. The summed E-state index contributed by atoms with van der Waals surface area (Å²) in [5, 5.41) is 19.4. The molecular weight excluding hydrogens is 272 g/mol. The minimum Gasteiger partial charge on any atom is -0.395 e. The van der Waals surface area contributed by atoms with Crippen molar-refractivity contribution in [2.24, 2.45) is 5.73 Å². The average molecular weight is 296 g/mol. The Morgan fingerprint density at radius 2 is 2.10 bits per heavy atom. The Labute approximate surface area is 124 Å². The van der Waals surface area contributed by atoms with Gasteiger partial charge in [0.05, 0.1) is 11.9 Å². The van der Waals surface area contributed by atoms with Gasteiger partial charge in [-0.05, 0) is 32.1 Å². The minimum absolute atomic E-state index is 0.0173. The molecule has 0 aliphatic heterocycles. The van der Waals surface area contributed by atoms with Crippen LogP contribution in [0.3, 0.4) is 0 Å². The number of aliphatic hydroxyl groups excluding tert-OH is 1. The summed E-state index contributed by atoms with van der Waals surface area (Å²) in [5.74, 6) is 1.78. The second kappa shape index (κ2) is 6.03. The topological polar surface area (TPSA) is 77.0 Å². The third-order valence-electron chi connectivity index (χ3n) is 4.08. The molecule has 0 aromatic carbocycles. The zero-order chi connectivity index (χ0) is 14.1. The lowest BCUT2D eigenvalue weighted by atomic mass is 10.1. The number of nitrogens with zero attached hydrogens (tertiary/aromatic N) is 3. The fourth-order valence-electron chi connectivity index (χ4n) is 2.58. The molecule has 2 aliphatic rings. The second-order valence-corrected chi connectivity index (χ2v) is 7.21. The van der Waals surface area contributed by atoms with Gasteiger partial charge in [-0.25, -0.2) is 0 Å². The summed E-state index contributed by atoms with van der Waals surface area (Å²) in [6.45, 7) is 2.22. The van der Waals surface area contributed by atoms with E-state index < -0.39 is 0 Å². The molecule has 5 nitrogen and oxygen atoms in total. The van der Waals surface area contributed by atoms with Crippen LogP contribution in [-0.2, 0) is 0 Å². The molecule has 20 heavy (non-hydrogen) atoms. The standard InChI is InChI=1S/C14H24N4OS/c1-2-3-11(15)12(8-19)20-14-17-16-13(9-4-5-9)18(14)10-6-7-10/h9-12,19H,2-8,15H2,1H3. The van der Waals surface area contributed by atoms with Gasteiger partial charge in [-0.2, -0.15) is 0 Å². The van der Waals surface area contributed by atoms with Gasteiger partial charge in [0.1, 0.15) is 5.82 Å². The smallest absolute Gasteiger partial charge is 0.191 e. The number of nitrogens with two attached hydrogens (primary N) is 1. The number of hydrogen-bond donors (Lipinski definition) is 2. The van der Waals surface area contributed by atoms with Crippen molar-refractivity contribution in [3.63, 3.8) is 0 Å². The Kier molecular flexibility index (Phi) is 4.33. The van der Waals surface area contributed by atoms with Gasteiger partial charge in [0.15, 0.2) is 5.16 Å². The average Bonchev–Trinajstić information content (AvgIpc) is 3.35. The van der Waals surface area contributed by atoms with E-state index >= 15 is 0 Å². The summed E-state index contributed by atoms with van der Waals surface area (Å²) in [4.78, 5) is 0. The molecule has 6 heteroatoms. The Balaban J connectivity index is 1.75. The van der Waals surface area contributed by atoms with Crippen LogP contribution < -0.4 is 5.73 Å². The van der Waals surface area contributed by atoms with Crippen LogP contribution in [0.15, 0.2) is 5.16 Å². The molecule has 0 radical (unpaired) electrons. The number of aromatic nitrogens is 3. The summed E-state index contributed by atoms with van der Waals surface area (Å²) >= 11 is 1.61. The molecule has 0 bridgehead atoms. The predicted octanol–water partition coefficient (Wildman–Crippen LogP) is 2.07. The van der Waals surface area contributed by atoms with Gasteiger partial charge in [0, 0.05) is 18.0 Å². The van der Waals surface area contributed by atoms with Crippen LogP contribution in [0.5, 0.6) is 0 Å². The van der Waals surface area contributed by atoms with E-state index in [0.717, 1.165) is 23.8 Å². The first-order valence-corrected chi connectivity index (χ1v) is 8.60. The van der Waals surface area contributed by atoms with E-state index in [9.17, 15) is 5.11 Å². The first-order chi connectivity index (χ1) is 9.74. The molecule has 2 fully saturated rings. The number of aliphatic hydroxyl groups is 1. The summed E-state index contributed by atoms with van der Waals surface area (Å²) in [6, 6.07) is 0.605. The summed E-state index contributed by atoms with van der Waals surface area (Å²) in [6.07, 6.45) is 6.93. The molecule has 112 valence electrons. The first-order valence-electron chi connectivity index (χ1n) is 7.72. The summed E-state index contributed by atoms with van der Waals surface area (Å²) in [7, 11) is 0. The van der Waals surface area contributed by atoms with E-state index in [1.165, 1.54) is 25.7 Å². The third kappa shape index (κ3) is 3.02. The Morgan fingerprint density at radius 3 is 2.65 bits per heavy atom. The highest BCUT2D eigenvalue weighted by atomic mass is 32.2. The lowest BCUT2D eigenvalue weighted by Crippen LogP contribution is -2.35. The minimum atomic E-state index is 0.0173. The van der Waals surface area contributed by atoms with Crippen LogP contribution in [0.2, 0.25) is 0 Å². The van der Waals surface area contributed by atoms with Crippen LogP contribution in [-0.4, -0.2) is 37.8 Å². The zero-order valence-electron chi connectivity index (χ0n) is 12.0. The quantitative estimate of drug-likeness (QED) is 0.718. The first kappa shape index (κ1) is 14.4. The highest BCUT2D eigenvalue weighted by Crippen LogP contribution is 2.46. The Hall–Kier alpha value is -0.590. The van der Waals surface area contributed by atoms with Crippen molar-refractivity contribution in [2.45, 2.75) is 73.9 Å². The Bertz CT molecular complexity index is 456. The number of hydrogen-bond acceptors (Lipinski definition) is 5. The molecule has 2 unspecified atom stereocenters. The molecule has 1 aromatic heterocycles. The molecule has 1 aromatic rings. The van der Waals surface area contributed by atoms with Crippen LogP contribution in [0.25, 0.3) is 0 Å². The van der Waals surface area contributed by atoms with Crippen LogP contribution >= 0.6 is 11.8 Å². The maximum atomic E-state index is 9.60. The molecule has 0 amide bonds. The van der Waals surface area contributed by atoms with Crippen molar-refractivity contribution < 1.29 is 5.11 Å². The SMILES string of the molecule is CCCC(N)C(CO)Sc1nnc(C2CC2)n1C1CC1. The van der Waals surface area contributed by atoms with Crippen molar-refractivity contribution in [3.8, 4) is 0 Å². The monoisotopic (exact) mass is 296 g/mol. The fraction of sp³-hybridized carbons (Fsp3) is 0.857. The second-order valence-electron chi connectivity index (χ2n) is 6.01. The van der Waals surface area contributed by atoms with Gasteiger partial charge in [-0.3, -0.25) is 0 Å². The van der Waals surface area contributed by atoms with E-state index in [1.807, 2.05) is 0 Å². The largest absolute Gasteiger partial charge is 0.395 e. The molecule has 2 atom stereocenters. The van der Waals surface area contributed by atoms with Gasteiger partial charge in [0.2, 0.25) is 0 Å². The van der Waals surface area contributed by atoms with Crippen LogP contribution in [0.1, 0.15) is 63.2 Å². The predicted molar refractivity (Wildman–Crippen MR) is 79.9 cm³/mol. The molecule has 3 rings (SSSR count). The zero-order valence-corrected chi connectivity index (χ0v) is 12.9. The van der Waals surface area contributed by atoms with Crippen LogP contribution in [0.4, 0.5) is 0 Å². The van der Waals surface area contributed by atoms with Crippen LogP contribution in [0, 0.1) is 0 Å². The fourth-order valence-corrected chi connectivity index (χ4v) is 3.68. The molecule has 2 aliphatic carbocycles. The van der Waals surface area contributed by atoms with Crippen molar-refractivity contribution in [3.05, 3.63) is 5.82 Å². The van der Waals surface area contributed by atoms with E-state index in [4.69, 9.17) is 5.73 Å². The maximum Gasteiger partial charge on any atom is 0.191 e. The number of rotatable bonds is 8.